The summed E-state index contributed by atoms with van der Waals surface area (Å²) in [4.78, 5) is 11.0. The van der Waals surface area contributed by atoms with Crippen LogP contribution in [-0.2, 0) is 7.05 Å². The van der Waals surface area contributed by atoms with Crippen LogP contribution in [0, 0.1) is 0 Å². The highest BCUT2D eigenvalue weighted by atomic mass is 35.5. The summed E-state index contributed by atoms with van der Waals surface area (Å²) < 4.78 is 6.56. The largest absolute Gasteiger partial charge is 0.478 e. The van der Waals surface area contributed by atoms with Gasteiger partial charge in [0.2, 0.25) is 0 Å². The van der Waals surface area contributed by atoms with Gasteiger partial charge in [0.1, 0.15) is 11.3 Å². The minimum absolute atomic E-state index is 0.0551. The van der Waals surface area contributed by atoms with Crippen molar-refractivity contribution in [3.05, 3.63) is 28.8 Å². The average molecular weight is 255 g/mol. The van der Waals surface area contributed by atoms with Gasteiger partial charge in [-0.2, -0.15) is 4.68 Å². The van der Waals surface area contributed by atoms with Gasteiger partial charge in [0.25, 0.3) is 0 Å². The average Bonchev–Trinajstić information content (AvgIpc) is 2.67. The molecule has 7 nitrogen and oxygen atoms in total. The number of benzene rings is 1. The number of nitrogens with zero attached hydrogens (tertiary/aromatic N) is 4. The van der Waals surface area contributed by atoms with Gasteiger partial charge in [0.05, 0.1) is 0 Å². The predicted molar refractivity (Wildman–Crippen MR) is 57.3 cm³/mol. The van der Waals surface area contributed by atoms with E-state index in [1.54, 1.807) is 7.05 Å². The van der Waals surface area contributed by atoms with Crippen molar-refractivity contribution in [1.29, 1.82) is 0 Å². The van der Waals surface area contributed by atoms with Crippen LogP contribution in [-0.4, -0.2) is 31.3 Å². The quantitative estimate of drug-likeness (QED) is 0.889. The molecule has 0 aliphatic rings. The van der Waals surface area contributed by atoms with E-state index in [0.29, 0.717) is 5.02 Å². The molecule has 8 heteroatoms. The monoisotopic (exact) mass is 254 g/mol. The van der Waals surface area contributed by atoms with Crippen molar-refractivity contribution in [2.45, 2.75) is 0 Å². The number of halogens is 1. The van der Waals surface area contributed by atoms with Crippen molar-refractivity contribution in [3.8, 4) is 11.8 Å². The molecule has 1 aromatic carbocycles. The first-order valence-corrected chi connectivity index (χ1v) is 4.89. The van der Waals surface area contributed by atoms with Crippen molar-refractivity contribution >= 4 is 17.6 Å². The Morgan fingerprint density at radius 1 is 1.53 bits per heavy atom. The molecular formula is C9H7ClN4O3. The van der Waals surface area contributed by atoms with E-state index in [9.17, 15) is 4.79 Å². The van der Waals surface area contributed by atoms with E-state index in [2.05, 4.69) is 15.5 Å². The number of tetrazole rings is 1. The number of carbonyl (C=O) groups is 1. The highest BCUT2D eigenvalue weighted by Crippen LogP contribution is 2.26. The summed E-state index contributed by atoms with van der Waals surface area (Å²) in [6.45, 7) is 0. The molecule has 88 valence electrons. The number of hydrogen-bond donors (Lipinski definition) is 1. The Morgan fingerprint density at radius 3 is 2.88 bits per heavy atom. The van der Waals surface area contributed by atoms with E-state index in [4.69, 9.17) is 21.4 Å². The number of carboxylic acid groups (broad SMARTS) is 1. The standard InChI is InChI=1S/C9H7ClN4O3/c1-14-9(11-12-13-14)17-7-3-2-5(10)4-6(7)8(15)16/h2-4H,1H3,(H,15,16). The van der Waals surface area contributed by atoms with E-state index in [1.807, 2.05) is 0 Å². The minimum Gasteiger partial charge on any atom is -0.478 e. The Kier molecular flexibility index (Phi) is 2.92. The number of aromatic nitrogens is 4. The van der Waals surface area contributed by atoms with Crippen LogP contribution < -0.4 is 4.74 Å². The van der Waals surface area contributed by atoms with Crippen molar-refractivity contribution in [2.24, 2.45) is 7.05 Å². The number of carboxylic acids is 1. The molecule has 0 amide bonds. The van der Waals surface area contributed by atoms with E-state index >= 15 is 0 Å². The molecule has 0 fully saturated rings. The van der Waals surface area contributed by atoms with Crippen LogP contribution in [0.3, 0.4) is 0 Å². The normalized spacial score (nSPS) is 10.2. The van der Waals surface area contributed by atoms with Crippen LogP contribution in [0.5, 0.6) is 11.8 Å². The first-order valence-electron chi connectivity index (χ1n) is 4.51. The van der Waals surface area contributed by atoms with Crippen molar-refractivity contribution in [1.82, 2.24) is 20.2 Å². The summed E-state index contributed by atoms with van der Waals surface area (Å²) in [5, 5.41) is 19.8. The molecule has 0 spiro atoms. The van der Waals surface area contributed by atoms with Gasteiger partial charge in [-0.05, 0) is 28.6 Å². The van der Waals surface area contributed by atoms with Crippen LogP contribution in [0.25, 0.3) is 0 Å². The number of aromatic carboxylic acids is 1. The van der Waals surface area contributed by atoms with Crippen molar-refractivity contribution in [2.75, 3.05) is 0 Å². The van der Waals surface area contributed by atoms with Crippen LogP contribution in [0.2, 0.25) is 5.02 Å². The number of hydrogen-bond acceptors (Lipinski definition) is 5. The molecule has 0 saturated carbocycles. The van der Waals surface area contributed by atoms with Crippen LogP contribution in [0.4, 0.5) is 0 Å². The first kappa shape index (κ1) is 11.3. The zero-order chi connectivity index (χ0) is 12.4. The fraction of sp³-hybridized carbons (Fsp3) is 0.111. The van der Waals surface area contributed by atoms with Crippen LogP contribution in [0.1, 0.15) is 10.4 Å². The molecule has 0 aliphatic carbocycles. The fourth-order valence-corrected chi connectivity index (χ4v) is 1.34. The molecule has 1 heterocycles. The maximum atomic E-state index is 11.0. The maximum absolute atomic E-state index is 11.0. The van der Waals surface area contributed by atoms with Gasteiger partial charge in [-0.15, -0.1) is 0 Å². The lowest BCUT2D eigenvalue weighted by molar-refractivity contribution is 0.0694. The minimum atomic E-state index is -1.14. The molecule has 0 saturated heterocycles. The molecule has 0 atom stereocenters. The second-order valence-corrected chi connectivity index (χ2v) is 3.57. The Balaban J connectivity index is 2.39. The van der Waals surface area contributed by atoms with Gasteiger partial charge in [-0.3, -0.25) is 0 Å². The van der Waals surface area contributed by atoms with Crippen molar-refractivity contribution in [3.63, 3.8) is 0 Å². The second-order valence-electron chi connectivity index (χ2n) is 3.13. The van der Waals surface area contributed by atoms with Gasteiger partial charge < -0.3 is 9.84 Å². The Morgan fingerprint density at radius 2 is 2.29 bits per heavy atom. The summed E-state index contributed by atoms with van der Waals surface area (Å²) in [5.41, 5.74) is -0.0551. The maximum Gasteiger partial charge on any atom is 0.340 e. The lowest BCUT2D eigenvalue weighted by Gasteiger charge is -2.06. The zero-order valence-electron chi connectivity index (χ0n) is 8.66. The lowest BCUT2D eigenvalue weighted by Crippen LogP contribution is -2.02. The fourth-order valence-electron chi connectivity index (χ4n) is 1.16. The van der Waals surface area contributed by atoms with E-state index in [1.165, 1.54) is 22.9 Å². The van der Waals surface area contributed by atoms with Gasteiger partial charge in [-0.1, -0.05) is 16.7 Å². The Labute approximate surface area is 101 Å². The van der Waals surface area contributed by atoms with Gasteiger partial charge >= 0.3 is 12.0 Å². The SMILES string of the molecule is Cn1nnnc1Oc1ccc(Cl)cc1C(=O)O. The molecular weight excluding hydrogens is 248 g/mol. The summed E-state index contributed by atoms with van der Waals surface area (Å²) in [5.74, 6) is -1.02. The highest BCUT2D eigenvalue weighted by molar-refractivity contribution is 6.31. The topological polar surface area (TPSA) is 90.1 Å². The number of rotatable bonds is 3. The molecule has 2 aromatic rings. The van der Waals surface area contributed by atoms with Gasteiger partial charge in [0, 0.05) is 12.1 Å². The molecule has 0 aliphatic heterocycles. The third kappa shape index (κ3) is 2.34. The molecule has 0 radical (unpaired) electrons. The Bertz CT molecular complexity index is 569. The van der Waals surface area contributed by atoms with E-state index < -0.39 is 5.97 Å². The highest BCUT2D eigenvalue weighted by Gasteiger charge is 2.15. The van der Waals surface area contributed by atoms with E-state index in [-0.39, 0.29) is 17.3 Å². The molecule has 2 rings (SSSR count). The molecule has 0 bridgehead atoms. The summed E-state index contributed by atoms with van der Waals surface area (Å²) >= 11 is 5.71. The van der Waals surface area contributed by atoms with Gasteiger partial charge in [-0.25, -0.2) is 4.79 Å². The number of ether oxygens (including phenoxy) is 1. The summed E-state index contributed by atoms with van der Waals surface area (Å²) in [6, 6.07) is 4.35. The second kappa shape index (κ2) is 4.38. The van der Waals surface area contributed by atoms with Crippen molar-refractivity contribution < 1.29 is 14.6 Å². The van der Waals surface area contributed by atoms with Crippen LogP contribution >= 0.6 is 11.6 Å². The molecule has 1 aromatic heterocycles. The first-order chi connectivity index (χ1) is 8.08. The third-order valence-corrected chi connectivity index (χ3v) is 2.19. The summed E-state index contributed by atoms with van der Waals surface area (Å²) in [7, 11) is 1.58. The van der Waals surface area contributed by atoms with Crippen LogP contribution in [0.15, 0.2) is 18.2 Å². The molecule has 1 N–H and O–H groups in total. The lowest BCUT2D eigenvalue weighted by atomic mass is 10.2. The Hall–Kier alpha value is -2.15. The summed E-state index contributed by atoms with van der Waals surface area (Å²) in [6.07, 6.45) is 0. The van der Waals surface area contributed by atoms with E-state index in [0.717, 1.165) is 0 Å². The predicted octanol–water partition coefficient (Wildman–Crippen LogP) is 1.35. The number of aryl methyl sites for hydroxylation is 1. The third-order valence-electron chi connectivity index (χ3n) is 1.95. The zero-order valence-corrected chi connectivity index (χ0v) is 9.42. The van der Waals surface area contributed by atoms with Gasteiger partial charge in [0.15, 0.2) is 0 Å². The smallest absolute Gasteiger partial charge is 0.340 e. The molecule has 17 heavy (non-hydrogen) atoms. The molecule has 0 unspecified atom stereocenters.